The SMILES string of the molecule is Cc1cc(N2CCC(N(C)C)C2)cc2c1C(=O)N(Cc1ccc(Cl)cc1)C2. The first-order valence-corrected chi connectivity index (χ1v) is 9.89. The van der Waals surface area contributed by atoms with Crippen molar-refractivity contribution in [2.45, 2.75) is 32.5 Å². The minimum atomic E-state index is 0.136. The van der Waals surface area contributed by atoms with Crippen molar-refractivity contribution in [2.75, 3.05) is 32.1 Å². The summed E-state index contributed by atoms with van der Waals surface area (Å²) >= 11 is 5.97. The molecule has 4 nitrogen and oxygen atoms in total. The maximum absolute atomic E-state index is 12.9. The Bertz CT molecular complexity index is 863. The van der Waals surface area contributed by atoms with Crippen molar-refractivity contribution in [1.29, 1.82) is 0 Å². The summed E-state index contributed by atoms with van der Waals surface area (Å²) in [5, 5.41) is 0.719. The average Bonchev–Trinajstić information content (AvgIpc) is 3.23. The predicted octanol–water partition coefficient (Wildman–Crippen LogP) is 3.94. The number of anilines is 1. The van der Waals surface area contributed by atoms with Gasteiger partial charge in [0.15, 0.2) is 0 Å². The van der Waals surface area contributed by atoms with Crippen LogP contribution in [0.25, 0.3) is 0 Å². The molecule has 0 spiro atoms. The van der Waals surface area contributed by atoms with Gasteiger partial charge in [0, 0.05) is 48.5 Å². The minimum Gasteiger partial charge on any atom is -0.370 e. The first kappa shape index (κ1) is 18.3. The number of benzene rings is 2. The van der Waals surface area contributed by atoms with Crippen molar-refractivity contribution in [3.05, 3.63) is 63.7 Å². The molecule has 0 radical (unpaired) electrons. The summed E-state index contributed by atoms with van der Waals surface area (Å²) in [5.41, 5.74) is 5.47. The van der Waals surface area contributed by atoms with Crippen molar-refractivity contribution < 1.29 is 4.79 Å². The van der Waals surface area contributed by atoms with E-state index in [4.69, 9.17) is 11.6 Å². The number of carbonyl (C=O) groups excluding carboxylic acids is 1. The van der Waals surface area contributed by atoms with E-state index < -0.39 is 0 Å². The van der Waals surface area contributed by atoms with Gasteiger partial charge < -0.3 is 14.7 Å². The first-order chi connectivity index (χ1) is 12.9. The summed E-state index contributed by atoms with van der Waals surface area (Å²) in [7, 11) is 4.30. The summed E-state index contributed by atoms with van der Waals surface area (Å²) in [5.74, 6) is 0.136. The third-order valence-electron chi connectivity index (χ3n) is 5.81. The lowest BCUT2D eigenvalue weighted by Crippen LogP contribution is -2.31. The summed E-state index contributed by atoms with van der Waals surface area (Å²) in [4.78, 5) is 19.6. The van der Waals surface area contributed by atoms with Crippen LogP contribution in [0.4, 0.5) is 5.69 Å². The molecule has 1 amide bonds. The van der Waals surface area contributed by atoms with Gasteiger partial charge in [-0.15, -0.1) is 0 Å². The zero-order valence-electron chi connectivity index (χ0n) is 16.2. The zero-order valence-corrected chi connectivity index (χ0v) is 17.0. The molecule has 5 heteroatoms. The molecule has 1 atom stereocenters. The van der Waals surface area contributed by atoms with Gasteiger partial charge in [-0.3, -0.25) is 4.79 Å². The molecule has 4 rings (SSSR count). The predicted molar refractivity (Wildman–Crippen MR) is 111 cm³/mol. The fourth-order valence-electron chi connectivity index (χ4n) is 4.22. The Balaban J connectivity index is 1.54. The molecule has 1 unspecified atom stereocenters. The molecular weight excluding hydrogens is 358 g/mol. The minimum absolute atomic E-state index is 0.136. The summed E-state index contributed by atoms with van der Waals surface area (Å²) in [6.07, 6.45) is 1.19. The van der Waals surface area contributed by atoms with Gasteiger partial charge in [0.2, 0.25) is 0 Å². The van der Waals surface area contributed by atoms with Gasteiger partial charge in [0.05, 0.1) is 0 Å². The van der Waals surface area contributed by atoms with Gasteiger partial charge in [0.25, 0.3) is 5.91 Å². The topological polar surface area (TPSA) is 26.8 Å². The number of amides is 1. The van der Waals surface area contributed by atoms with Crippen LogP contribution in [0.2, 0.25) is 5.02 Å². The van der Waals surface area contributed by atoms with Crippen LogP contribution in [0.15, 0.2) is 36.4 Å². The van der Waals surface area contributed by atoms with Crippen molar-refractivity contribution in [2.24, 2.45) is 0 Å². The Morgan fingerprint density at radius 1 is 1.19 bits per heavy atom. The van der Waals surface area contributed by atoms with Gasteiger partial charge in [-0.05, 0) is 68.4 Å². The fourth-order valence-corrected chi connectivity index (χ4v) is 4.35. The molecule has 1 saturated heterocycles. The van der Waals surface area contributed by atoms with Crippen LogP contribution in [0.5, 0.6) is 0 Å². The molecule has 0 aliphatic carbocycles. The highest BCUT2D eigenvalue weighted by Crippen LogP contribution is 2.33. The number of aryl methyl sites for hydroxylation is 1. The number of fused-ring (bicyclic) bond motifs is 1. The molecule has 0 N–H and O–H groups in total. The third-order valence-corrected chi connectivity index (χ3v) is 6.06. The van der Waals surface area contributed by atoms with Gasteiger partial charge >= 0.3 is 0 Å². The second kappa shape index (κ2) is 7.17. The normalized spacial score (nSPS) is 19.3. The van der Waals surface area contributed by atoms with E-state index in [1.165, 1.54) is 12.1 Å². The molecule has 0 bridgehead atoms. The van der Waals surface area contributed by atoms with Crippen LogP contribution in [-0.2, 0) is 13.1 Å². The van der Waals surface area contributed by atoms with E-state index in [0.717, 1.165) is 40.4 Å². The Morgan fingerprint density at radius 2 is 1.93 bits per heavy atom. The molecule has 142 valence electrons. The highest BCUT2D eigenvalue weighted by atomic mass is 35.5. The molecule has 2 aromatic rings. The molecule has 2 aliphatic heterocycles. The van der Waals surface area contributed by atoms with E-state index in [-0.39, 0.29) is 5.91 Å². The largest absolute Gasteiger partial charge is 0.370 e. The van der Waals surface area contributed by atoms with Crippen molar-refractivity contribution in [3.8, 4) is 0 Å². The van der Waals surface area contributed by atoms with E-state index in [2.05, 4.69) is 43.0 Å². The van der Waals surface area contributed by atoms with E-state index in [1.54, 1.807) is 0 Å². The highest BCUT2D eigenvalue weighted by Gasteiger charge is 2.31. The Kier molecular flexibility index (Phi) is 4.87. The van der Waals surface area contributed by atoms with E-state index in [9.17, 15) is 4.79 Å². The lowest BCUT2D eigenvalue weighted by atomic mass is 10.0. The van der Waals surface area contributed by atoms with Crippen LogP contribution in [0.3, 0.4) is 0 Å². The zero-order chi connectivity index (χ0) is 19.1. The number of rotatable bonds is 4. The second-order valence-electron chi connectivity index (χ2n) is 7.94. The number of hydrogen-bond donors (Lipinski definition) is 0. The quantitative estimate of drug-likeness (QED) is 0.800. The number of halogens is 1. The van der Waals surface area contributed by atoms with Crippen LogP contribution < -0.4 is 4.90 Å². The first-order valence-electron chi connectivity index (χ1n) is 9.51. The third kappa shape index (κ3) is 3.56. The maximum atomic E-state index is 12.9. The van der Waals surface area contributed by atoms with E-state index in [0.29, 0.717) is 19.1 Å². The molecule has 0 saturated carbocycles. The smallest absolute Gasteiger partial charge is 0.255 e. The number of likely N-dealkylation sites (N-methyl/N-ethyl adjacent to an activating group) is 1. The van der Waals surface area contributed by atoms with Crippen molar-refractivity contribution in [3.63, 3.8) is 0 Å². The van der Waals surface area contributed by atoms with Gasteiger partial charge in [-0.1, -0.05) is 23.7 Å². The van der Waals surface area contributed by atoms with Crippen molar-refractivity contribution in [1.82, 2.24) is 9.80 Å². The monoisotopic (exact) mass is 383 g/mol. The maximum Gasteiger partial charge on any atom is 0.255 e. The second-order valence-corrected chi connectivity index (χ2v) is 8.37. The Labute approximate surface area is 166 Å². The van der Waals surface area contributed by atoms with Crippen molar-refractivity contribution >= 4 is 23.2 Å². The highest BCUT2D eigenvalue weighted by molar-refractivity contribution is 6.30. The molecule has 2 heterocycles. The van der Waals surface area contributed by atoms with Gasteiger partial charge in [-0.25, -0.2) is 0 Å². The summed E-state index contributed by atoms with van der Waals surface area (Å²) in [6, 6.07) is 12.7. The molecule has 2 aliphatic rings. The van der Waals surface area contributed by atoms with Crippen LogP contribution in [0, 0.1) is 6.92 Å². The van der Waals surface area contributed by atoms with Crippen LogP contribution in [-0.4, -0.2) is 48.9 Å². The average molecular weight is 384 g/mol. The molecule has 2 aromatic carbocycles. The Hall–Kier alpha value is -2.04. The van der Waals surface area contributed by atoms with Crippen LogP contribution in [0.1, 0.15) is 33.5 Å². The van der Waals surface area contributed by atoms with Crippen LogP contribution >= 0.6 is 11.6 Å². The number of nitrogens with zero attached hydrogens (tertiary/aromatic N) is 3. The summed E-state index contributed by atoms with van der Waals surface area (Å²) in [6.45, 7) is 5.48. The molecule has 27 heavy (non-hydrogen) atoms. The molecule has 1 fully saturated rings. The molecular formula is C22H26ClN3O. The molecule has 0 aromatic heterocycles. The van der Waals surface area contributed by atoms with E-state index in [1.807, 2.05) is 29.2 Å². The Morgan fingerprint density at radius 3 is 2.59 bits per heavy atom. The number of carbonyl (C=O) groups is 1. The number of hydrogen-bond acceptors (Lipinski definition) is 3. The lowest BCUT2D eigenvalue weighted by molar-refractivity contribution is 0.0766. The van der Waals surface area contributed by atoms with E-state index >= 15 is 0 Å². The standard InChI is InChI=1S/C22H26ClN3O/c1-15-10-20(25-9-8-19(14-25)24(2)3)11-17-13-26(22(27)21(15)17)12-16-4-6-18(23)7-5-16/h4-7,10-11,19H,8-9,12-14H2,1-3H3. The van der Waals surface area contributed by atoms with Gasteiger partial charge in [0.1, 0.15) is 0 Å². The fraction of sp³-hybridized carbons (Fsp3) is 0.409. The lowest BCUT2D eigenvalue weighted by Gasteiger charge is -2.22. The van der Waals surface area contributed by atoms with Gasteiger partial charge in [-0.2, -0.15) is 0 Å². The summed E-state index contributed by atoms with van der Waals surface area (Å²) < 4.78 is 0.